The molecule has 0 aliphatic carbocycles. The van der Waals surface area contributed by atoms with Crippen LogP contribution in [0.2, 0.25) is 0 Å². The van der Waals surface area contributed by atoms with E-state index in [2.05, 4.69) is 5.32 Å². The van der Waals surface area contributed by atoms with Gasteiger partial charge in [-0.3, -0.25) is 4.79 Å². The molecule has 0 aromatic heterocycles. The van der Waals surface area contributed by atoms with Crippen molar-refractivity contribution in [3.63, 3.8) is 0 Å². The van der Waals surface area contributed by atoms with Gasteiger partial charge in [-0.05, 0) is 45.4 Å². The van der Waals surface area contributed by atoms with Crippen LogP contribution in [0.1, 0.15) is 26.3 Å². The van der Waals surface area contributed by atoms with Crippen molar-refractivity contribution in [1.29, 1.82) is 0 Å². The Morgan fingerprint density at radius 3 is 2.37 bits per heavy atom. The third-order valence-electron chi connectivity index (χ3n) is 2.74. The van der Waals surface area contributed by atoms with E-state index in [9.17, 15) is 13.2 Å². The Labute approximate surface area is 114 Å². The van der Waals surface area contributed by atoms with Gasteiger partial charge in [-0.15, -0.1) is 0 Å². The van der Waals surface area contributed by atoms with Crippen LogP contribution in [-0.4, -0.2) is 25.6 Å². The Hall–Kier alpha value is -1.56. The summed E-state index contributed by atoms with van der Waals surface area (Å²) in [4.78, 5) is 11.9. The van der Waals surface area contributed by atoms with Crippen molar-refractivity contribution in [3.05, 3.63) is 23.8 Å². The van der Waals surface area contributed by atoms with Crippen LogP contribution in [-0.2, 0) is 14.6 Å². The predicted octanol–water partition coefficient (Wildman–Crippen LogP) is 1.26. The van der Waals surface area contributed by atoms with Gasteiger partial charge in [0.05, 0.1) is 10.6 Å². The van der Waals surface area contributed by atoms with E-state index in [1.165, 1.54) is 19.1 Å². The van der Waals surface area contributed by atoms with Crippen molar-refractivity contribution in [1.82, 2.24) is 5.32 Å². The summed E-state index contributed by atoms with van der Waals surface area (Å²) < 4.78 is 24.8. The molecule has 0 aliphatic heterocycles. The Morgan fingerprint density at radius 1 is 1.26 bits per heavy atom. The third-order valence-corrected chi connectivity index (χ3v) is 4.85. The first-order valence-corrected chi connectivity index (χ1v) is 7.61. The van der Waals surface area contributed by atoms with Crippen LogP contribution in [0.5, 0.6) is 0 Å². The first kappa shape index (κ1) is 15.5. The first-order chi connectivity index (χ1) is 8.66. The molecule has 1 aromatic carbocycles. The number of nitrogen functional groups attached to an aromatic ring is 1. The summed E-state index contributed by atoms with van der Waals surface area (Å²) in [5.74, 6) is -0.518. The lowest BCUT2D eigenvalue weighted by Crippen LogP contribution is -2.41. The summed E-state index contributed by atoms with van der Waals surface area (Å²) in [5, 5.41) is 1.43. The van der Waals surface area contributed by atoms with Crippen molar-refractivity contribution < 1.29 is 13.2 Å². The summed E-state index contributed by atoms with van der Waals surface area (Å²) in [6.45, 7) is 6.70. The van der Waals surface area contributed by atoms with Crippen LogP contribution in [0.3, 0.4) is 0 Å². The predicted molar refractivity (Wildman–Crippen MR) is 75.5 cm³/mol. The summed E-state index contributed by atoms with van der Waals surface area (Å²) in [7, 11) is -3.77. The molecule has 1 unspecified atom stereocenters. The van der Waals surface area contributed by atoms with Crippen molar-refractivity contribution in [2.24, 2.45) is 0 Å². The van der Waals surface area contributed by atoms with E-state index in [4.69, 9.17) is 5.73 Å². The van der Waals surface area contributed by atoms with E-state index < -0.39 is 21.0 Å². The Kier molecular flexibility index (Phi) is 4.57. The van der Waals surface area contributed by atoms with Gasteiger partial charge in [0.2, 0.25) is 5.91 Å². The minimum atomic E-state index is -3.77. The summed E-state index contributed by atoms with van der Waals surface area (Å²) in [5.41, 5.74) is 6.65. The number of aryl methyl sites for hydroxylation is 1. The fraction of sp³-hybridized carbons (Fsp3) is 0.462. The summed E-state index contributed by atoms with van der Waals surface area (Å²) in [6, 6.07) is 4.65. The maximum absolute atomic E-state index is 12.4. The van der Waals surface area contributed by atoms with Crippen molar-refractivity contribution in [3.8, 4) is 0 Å². The van der Waals surface area contributed by atoms with E-state index in [1.54, 1.807) is 26.8 Å². The van der Waals surface area contributed by atoms with E-state index in [1.807, 2.05) is 0 Å². The highest BCUT2D eigenvalue weighted by atomic mass is 32.2. The molecule has 6 heteroatoms. The van der Waals surface area contributed by atoms with E-state index in [-0.39, 0.29) is 16.6 Å². The molecule has 1 amide bonds. The van der Waals surface area contributed by atoms with Gasteiger partial charge in [0.15, 0.2) is 9.84 Å². The van der Waals surface area contributed by atoms with Gasteiger partial charge in [-0.25, -0.2) is 8.42 Å². The molecular weight excluding hydrogens is 264 g/mol. The standard InChI is InChI=1S/C13H20N2O3S/c1-8(2)15-13(16)10(4)19(17,18)12-7-9(3)5-6-11(12)14/h5-8,10H,14H2,1-4H3,(H,15,16). The van der Waals surface area contributed by atoms with Gasteiger partial charge in [0, 0.05) is 6.04 Å². The largest absolute Gasteiger partial charge is 0.398 e. The van der Waals surface area contributed by atoms with Gasteiger partial charge >= 0.3 is 0 Å². The molecule has 0 saturated heterocycles. The van der Waals surface area contributed by atoms with Crippen LogP contribution in [0, 0.1) is 6.92 Å². The minimum Gasteiger partial charge on any atom is -0.398 e. The number of carbonyl (C=O) groups is 1. The normalized spacial score (nSPS) is 13.3. The first-order valence-electron chi connectivity index (χ1n) is 6.06. The third kappa shape index (κ3) is 3.47. The number of hydrogen-bond donors (Lipinski definition) is 2. The van der Waals surface area contributed by atoms with E-state index in [0.717, 1.165) is 5.56 Å². The lowest BCUT2D eigenvalue weighted by molar-refractivity contribution is -0.120. The zero-order valence-electron chi connectivity index (χ0n) is 11.6. The zero-order valence-corrected chi connectivity index (χ0v) is 12.4. The van der Waals surface area contributed by atoms with E-state index >= 15 is 0 Å². The van der Waals surface area contributed by atoms with Gasteiger partial charge in [0.25, 0.3) is 0 Å². The molecular formula is C13H20N2O3S. The van der Waals surface area contributed by atoms with Gasteiger partial charge in [0.1, 0.15) is 5.25 Å². The summed E-state index contributed by atoms with van der Waals surface area (Å²) >= 11 is 0. The summed E-state index contributed by atoms with van der Waals surface area (Å²) in [6.07, 6.45) is 0. The van der Waals surface area contributed by atoms with Crippen LogP contribution in [0.4, 0.5) is 5.69 Å². The van der Waals surface area contributed by atoms with Crippen molar-refractivity contribution >= 4 is 21.4 Å². The molecule has 3 N–H and O–H groups in total. The number of amides is 1. The molecule has 0 fully saturated rings. The lowest BCUT2D eigenvalue weighted by Gasteiger charge is -2.16. The SMILES string of the molecule is Cc1ccc(N)c(S(=O)(=O)C(C)C(=O)NC(C)C)c1. The number of anilines is 1. The molecule has 5 nitrogen and oxygen atoms in total. The van der Waals surface area contributed by atoms with E-state index in [0.29, 0.717) is 0 Å². The number of carbonyl (C=O) groups excluding carboxylic acids is 1. The van der Waals surface area contributed by atoms with Gasteiger partial charge in [-0.1, -0.05) is 6.07 Å². The highest BCUT2D eigenvalue weighted by Gasteiger charge is 2.31. The minimum absolute atomic E-state index is 0.0129. The Morgan fingerprint density at radius 2 is 1.84 bits per heavy atom. The molecule has 1 rings (SSSR count). The van der Waals surface area contributed by atoms with Crippen LogP contribution >= 0.6 is 0 Å². The number of sulfone groups is 1. The molecule has 106 valence electrons. The van der Waals surface area contributed by atoms with Gasteiger partial charge < -0.3 is 11.1 Å². The molecule has 0 aliphatic rings. The Bertz CT molecular complexity index is 580. The zero-order chi connectivity index (χ0) is 14.8. The molecule has 1 aromatic rings. The highest BCUT2D eigenvalue weighted by Crippen LogP contribution is 2.24. The Balaban J connectivity index is 3.17. The average molecular weight is 284 g/mol. The van der Waals surface area contributed by atoms with Crippen LogP contribution < -0.4 is 11.1 Å². The fourth-order valence-electron chi connectivity index (χ4n) is 1.62. The highest BCUT2D eigenvalue weighted by molar-refractivity contribution is 7.93. The fourth-order valence-corrected chi connectivity index (χ4v) is 3.10. The molecule has 0 spiro atoms. The van der Waals surface area contributed by atoms with Crippen LogP contribution in [0.15, 0.2) is 23.1 Å². The maximum Gasteiger partial charge on any atom is 0.238 e. The quantitative estimate of drug-likeness (QED) is 0.815. The monoisotopic (exact) mass is 284 g/mol. The van der Waals surface area contributed by atoms with Crippen molar-refractivity contribution in [2.75, 3.05) is 5.73 Å². The number of benzene rings is 1. The molecule has 0 heterocycles. The second-order valence-electron chi connectivity index (χ2n) is 4.89. The number of hydrogen-bond acceptors (Lipinski definition) is 4. The number of nitrogens with two attached hydrogens (primary N) is 1. The number of nitrogens with one attached hydrogen (secondary N) is 1. The molecule has 0 radical (unpaired) electrons. The molecule has 0 bridgehead atoms. The number of rotatable bonds is 4. The average Bonchev–Trinajstić information content (AvgIpc) is 2.30. The lowest BCUT2D eigenvalue weighted by atomic mass is 10.2. The molecule has 0 saturated carbocycles. The topological polar surface area (TPSA) is 89.3 Å². The maximum atomic E-state index is 12.4. The smallest absolute Gasteiger partial charge is 0.238 e. The molecule has 19 heavy (non-hydrogen) atoms. The second-order valence-corrected chi connectivity index (χ2v) is 7.13. The molecule has 1 atom stereocenters. The van der Waals surface area contributed by atoms with Gasteiger partial charge in [-0.2, -0.15) is 0 Å². The second kappa shape index (κ2) is 5.61. The van der Waals surface area contributed by atoms with Crippen LogP contribution in [0.25, 0.3) is 0 Å². The van der Waals surface area contributed by atoms with Crippen molar-refractivity contribution in [2.45, 2.75) is 43.9 Å².